The summed E-state index contributed by atoms with van der Waals surface area (Å²) in [4.78, 5) is 19.5. The summed E-state index contributed by atoms with van der Waals surface area (Å²) in [6.45, 7) is 1.11. The lowest BCUT2D eigenvalue weighted by atomic mass is 9.85. The van der Waals surface area contributed by atoms with Crippen molar-refractivity contribution in [2.75, 3.05) is 18.5 Å². The van der Waals surface area contributed by atoms with E-state index < -0.39 is 23.7 Å². The van der Waals surface area contributed by atoms with Gasteiger partial charge in [-0.1, -0.05) is 6.42 Å². The summed E-state index contributed by atoms with van der Waals surface area (Å²) < 4.78 is 52.6. The van der Waals surface area contributed by atoms with E-state index in [0.717, 1.165) is 37.1 Å². The number of alkyl halides is 3. The SMILES string of the molecule is NC(=O)C1CCn2c(nnc2[C@H]2CCC[C@@H](Nc3ncc(C(F)(F)F)c(OC4COC4)n3)C2)C1. The zero-order chi connectivity index (χ0) is 23.9. The fourth-order valence-corrected chi connectivity index (χ4v) is 4.79. The number of nitrogens with two attached hydrogens (primary N) is 1. The summed E-state index contributed by atoms with van der Waals surface area (Å²) in [5.41, 5.74) is 4.45. The maximum absolute atomic E-state index is 13.4. The summed E-state index contributed by atoms with van der Waals surface area (Å²) in [5.74, 6) is 0.866. The molecule has 1 saturated carbocycles. The molecule has 2 aromatic rings. The first kappa shape index (κ1) is 22.8. The molecule has 1 saturated heterocycles. The van der Waals surface area contributed by atoms with Crippen molar-refractivity contribution in [1.82, 2.24) is 24.7 Å². The second kappa shape index (κ2) is 9.01. The van der Waals surface area contributed by atoms with Gasteiger partial charge in [0.25, 0.3) is 0 Å². The van der Waals surface area contributed by atoms with Crippen LogP contribution in [0.4, 0.5) is 19.1 Å². The Morgan fingerprint density at radius 3 is 2.76 bits per heavy atom. The molecule has 2 fully saturated rings. The Morgan fingerprint density at radius 1 is 1.24 bits per heavy atom. The Morgan fingerprint density at radius 2 is 2.06 bits per heavy atom. The van der Waals surface area contributed by atoms with E-state index in [9.17, 15) is 18.0 Å². The van der Waals surface area contributed by atoms with Gasteiger partial charge in [0.05, 0.1) is 13.2 Å². The van der Waals surface area contributed by atoms with Gasteiger partial charge in [-0.2, -0.15) is 18.2 Å². The molecule has 4 heterocycles. The van der Waals surface area contributed by atoms with Crippen LogP contribution in [-0.2, 0) is 28.7 Å². The van der Waals surface area contributed by atoms with Gasteiger partial charge in [0, 0.05) is 37.0 Å². The zero-order valence-electron chi connectivity index (χ0n) is 18.4. The first-order valence-corrected chi connectivity index (χ1v) is 11.4. The number of ether oxygens (including phenoxy) is 2. The van der Waals surface area contributed by atoms with E-state index in [4.69, 9.17) is 15.2 Å². The van der Waals surface area contributed by atoms with E-state index in [1.165, 1.54) is 0 Å². The number of rotatable bonds is 6. The topological polar surface area (TPSA) is 130 Å². The minimum Gasteiger partial charge on any atom is -0.469 e. The van der Waals surface area contributed by atoms with Crippen LogP contribution in [0.25, 0.3) is 0 Å². The van der Waals surface area contributed by atoms with Gasteiger partial charge in [0.2, 0.25) is 17.7 Å². The number of nitrogens with one attached hydrogen (secondary N) is 1. The molecular formula is C21H26F3N7O3. The lowest BCUT2D eigenvalue weighted by molar-refractivity contribution is -0.142. The van der Waals surface area contributed by atoms with E-state index in [2.05, 4.69) is 30.0 Å². The molecule has 3 aliphatic rings. The smallest absolute Gasteiger partial charge is 0.423 e. The van der Waals surface area contributed by atoms with E-state index in [-0.39, 0.29) is 42.9 Å². The van der Waals surface area contributed by atoms with Gasteiger partial charge in [-0.15, -0.1) is 10.2 Å². The summed E-state index contributed by atoms with van der Waals surface area (Å²) in [7, 11) is 0. The van der Waals surface area contributed by atoms with Gasteiger partial charge < -0.3 is 25.1 Å². The second-order valence-electron chi connectivity index (χ2n) is 9.11. The largest absolute Gasteiger partial charge is 0.469 e. The third-order valence-corrected chi connectivity index (χ3v) is 6.71. The van der Waals surface area contributed by atoms with Crippen molar-refractivity contribution in [2.45, 2.75) is 69.3 Å². The number of anilines is 1. The lowest BCUT2D eigenvalue weighted by Gasteiger charge is -2.31. The van der Waals surface area contributed by atoms with Crippen molar-refractivity contribution in [2.24, 2.45) is 11.7 Å². The molecule has 5 rings (SSSR count). The standard InChI is InChI=1S/C21H26F3N7O3/c22-21(23,24)15-8-26-20(28-19(15)34-14-9-33-10-14)27-13-3-1-2-12(6-13)18-30-29-16-7-11(17(25)32)4-5-31(16)18/h8,11-14H,1-7,9-10H2,(H2,25,32)(H,26,27,28)/t11?,12-,13+/m0/s1. The van der Waals surface area contributed by atoms with Crippen LogP contribution in [0, 0.1) is 5.92 Å². The first-order valence-electron chi connectivity index (χ1n) is 11.4. The normalized spacial score (nSPS) is 25.3. The first-order chi connectivity index (χ1) is 16.3. The van der Waals surface area contributed by atoms with Crippen molar-refractivity contribution in [3.05, 3.63) is 23.4 Å². The predicted molar refractivity (Wildman–Crippen MR) is 112 cm³/mol. The molecule has 34 heavy (non-hydrogen) atoms. The van der Waals surface area contributed by atoms with Crippen molar-refractivity contribution >= 4 is 11.9 Å². The van der Waals surface area contributed by atoms with Crippen LogP contribution >= 0.6 is 0 Å². The second-order valence-corrected chi connectivity index (χ2v) is 9.11. The molecule has 10 nitrogen and oxygen atoms in total. The molecule has 3 N–H and O–H groups in total. The molecule has 2 aromatic heterocycles. The molecular weight excluding hydrogens is 455 g/mol. The number of hydrogen-bond acceptors (Lipinski definition) is 8. The number of aromatic nitrogens is 5. The van der Waals surface area contributed by atoms with Crippen molar-refractivity contribution in [1.29, 1.82) is 0 Å². The van der Waals surface area contributed by atoms with E-state index in [0.29, 0.717) is 25.8 Å². The van der Waals surface area contributed by atoms with Gasteiger partial charge in [0.1, 0.15) is 23.3 Å². The number of nitrogens with zero attached hydrogens (tertiary/aromatic N) is 5. The molecule has 1 unspecified atom stereocenters. The molecule has 0 radical (unpaired) electrons. The number of primary amides is 1. The van der Waals surface area contributed by atoms with Crippen LogP contribution < -0.4 is 15.8 Å². The van der Waals surface area contributed by atoms with Crippen molar-refractivity contribution < 1.29 is 27.4 Å². The number of carbonyl (C=O) groups excluding carboxylic acids is 1. The van der Waals surface area contributed by atoms with Crippen LogP contribution in [-0.4, -0.2) is 56.0 Å². The fraction of sp³-hybridized carbons (Fsp3) is 0.667. The molecule has 13 heteroatoms. The van der Waals surface area contributed by atoms with E-state index >= 15 is 0 Å². The highest BCUT2D eigenvalue weighted by Crippen LogP contribution is 2.37. The molecule has 0 spiro atoms. The molecule has 184 valence electrons. The van der Waals surface area contributed by atoms with Gasteiger partial charge in [-0.3, -0.25) is 4.79 Å². The fourth-order valence-electron chi connectivity index (χ4n) is 4.79. The van der Waals surface area contributed by atoms with Crippen LogP contribution in [0.3, 0.4) is 0 Å². The Kier molecular flexibility index (Phi) is 6.04. The van der Waals surface area contributed by atoms with Crippen molar-refractivity contribution in [3.63, 3.8) is 0 Å². The average Bonchev–Trinajstić information content (AvgIpc) is 3.19. The Balaban J connectivity index is 1.29. The zero-order valence-corrected chi connectivity index (χ0v) is 18.4. The monoisotopic (exact) mass is 481 g/mol. The lowest BCUT2D eigenvalue weighted by Crippen LogP contribution is -2.39. The molecule has 0 bridgehead atoms. The average molecular weight is 481 g/mol. The summed E-state index contributed by atoms with van der Waals surface area (Å²) >= 11 is 0. The molecule has 3 atom stereocenters. The van der Waals surface area contributed by atoms with Gasteiger partial charge in [-0.25, -0.2) is 4.98 Å². The highest BCUT2D eigenvalue weighted by molar-refractivity contribution is 5.76. The molecule has 1 aliphatic carbocycles. The van der Waals surface area contributed by atoms with Crippen LogP contribution in [0.1, 0.15) is 55.2 Å². The van der Waals surface area contributed by atoms with Gasteiger partial charge in [0.15, 0.2) is 0 Å². The summed E-state index contributed by atoms with van der Waals surface area (Å²) in [6.07, 6.45) is 0.241. The summed E-state index contributed by atoms with van der Waals surface area (Å²) in [5, 5.41) is 11.9. The van der Waals surface area contributed by atoms with Crippen molar-refractivity contribution in [3.8, 4) is 5.88 Å². The highest BCUT2D eigenvalue weighted by Gasteiger charge is 2.38. The Labute approximate surface area is 193 Å². The maximum Gasteiger partial charge on any atom is 0.423 e. The number of halogens is 3. The Hall–Kier alpha value is -2.96. The van der Waals surface area contributed by atoms with E-state index in [1.54, 1.807) is 0 Å². The van der Waals surface area contributed by atoms with Crippen LogP contribution in [0.5, 0.6) is 5.88 Å². The quantitative estimate of drug-likeness (QED) is 0.641. The van der Waals surface area contributed by atoms with Gasteiger partial charge in [-0.05, 0) is 25.7 Å². The third-order valence-electron chi connectivity index (χ3n) is 6.71. The summed E-state index contributed by atoms with van der Waals surface area (Å²) in [6, 6.07) is -0.0368. The number of carbonyl (C=O) groups is 1. The number of fused-ring (bicyclic) bond motifs is 1. The van der Waals surface area contributed by atoms with Crippen LogP contribution in [0.2, 0.25) is 0 Å². The van der Waals surface area contributed by atoms with Gasteiger partial charge >= 0.3 is 6.18 Å². The molecule has 0 aromatic carbocycles. The Bertz CT molecular complexity index is 1060. The highest BCUT2D eigenvalue weighted by atomic mass is 19.4. The minimum atomic E-state index is -4.62. The minimum absolute atomic E-state index is 0.0368. The van der Waals surface area contributed by atoms with E-state index in [1.807, 2.05) is 0 Å². The third kappa shape index (κ3) is 4.65. The predicted octanol–water partition coefficient (Wildman–Crippen LogP) is 2.05. The maximum atomic E-state index is 13.4. The molecule has 2 aliphatic heterocycles. The number of hydrogen-bond donors (Lipinski definition) is 2. The number of amides is 1. The van der Waals surface area contributed by atoms with Crippen LogP contribution in [0.15, 0.2) is 6.20 Å². The molecule has 1 amide bonds.